The van der Waals surface area contributed by atoms with Gasteiger partial charge in [0.25, 0.3) is 0 Å². The molecular formula is C16H22O2Si. The fourth-order valence-corrected chi connectivity index (χ4v) is 2.81. The van der Waals surface area contributed by atoms with Gasteiger partial charge in [0.2, 0.25) is 0 Å². The molecule has 2 aromatic rings. The van der Waals surface area contributed by atoms with E-state index in [1.807, 2.05) is 0 Å². The van der Waals surface area contributed by atoms with Crippen LogP contribution in [-0.4, -0.2) is 23.0 Å². The third-order valence-corrected chi connectivity index (χ3v) is 4.05. The molecule has 0 aliphatic rings. The third-order valence-electron chi connectivity index (χ3n) is 3.06. The average molecular weight is 274 g/mol. The van der Waals surface area contributed by atoms with Crippen molar-refractivity contribution in [1.82, 2.24) is 0 Å². The minimum atomic E-state index is -0.247. The van der Waals surface area contributed by atoms with Crippen molar-refractivity contribution < 1.29 is 9.16 Å². The van der Waals surface area contributed by atoms with E-state index < -0.39 is 0 Å². The Kier molecular flexibility index (Phi) is 6.07. The summed E-state index contributed by atoms with van der Waals surface area (Å²) in [5, 5.41) is 2.57. The first-order valence-electron chi connectivity index (χ1n) is 7.04. The quantitative estimate of drug-likeness (QED) is 0.543. The highest BCUT2D eigenvalue weighted by Crippen LogP contribution is 2.19. The second-order valence-corrected chi connectivity index (χ2v) is 6.47. The first-order valence-corrected chi connectivity index (χ1v) is 8.61. The molecule has 2 rings (SSSR count). The van der Waals surface area contributed by atoms with E-state index in [4.69, 9.17) is 9.16 Å². The van der Waals surface area contributed by atoms with Gasteiger partial charge in [0.1, 0.15) is 0 Å². The van der Waals surface area contributed by atoms with Crippen LogP contribution in [0.5, 0.6) is 0 Å². The molecule has 0 fully saturated rings. The molecule has 3 heteroatoms. The van der Waals surface area contributed by atoms with Crippen LogP contribution in [0.2, 0.25) is 6.04 Å². The molecule has 2 aromatic carbocycles. The fourth-order valence-electron chi connectivity index (χ4n) is 2.11. The predicted octanol–water partition coefficient (Wildman–Crippen LogP) is 3.29. The Morgan fingerprint density at radius 1 is 1.00 bits per heavy atom. The lowest BCUT2D eigenvalue weighted by Gasteiger charge is -2.08. The molecule has 102 valence electrons. The summed E-state index contributed by atoms with van der Waals surface area (Å²) in [6.45, 7) is 4.51. The van der Waals surface area contributed by atoms with Gasteiger partial charge in [0.05, 0.1) is 6.61 Å². The highest BCUT2D eigenvalue weighted by molar-refractivity contribution is 6.26. The van der Waals surface area contributed by atoms with E-state index >= 15 is 0 Å². The van der Waals surface area contributed by atoms with Crippen LogP contribution in [0.1, 0.15) is 18.9 Å². The highest BCUT2D eigenvalue weighted by atomic mass is 28.2. The van der Waals surface area contributed by atoms with Gasteiger partial charge >= 0.3 is 0 Å². The predicted molar refractivity (Wildman–Crippen MR) is 83.2 cm³/mol. The smallest absolute Gasteiger partial charge is 0.161 e. The third kappa shape index (κ3) is 4.46. The van der Waals surface area contributed by atoms with E-state index in [9.17, 15) is 0 Å². The number of rotatable bonds is 8. The Labute approximate surface area is 117 Å². The van der Waals surface area contributed by atoms with Crippen molar-refractivity contribution in [2.24, 2.45) is 0 Å². The Bertz CT molecular complexity index is 494. The van der Waals surface area contributed by atoms with E-state index in [-0.39, 0.29) is 9.76 Å². The van der Waals surface area contributed by atoms with Gasteiger partial charge in [-0.25, -0.2) is 0 Å². The summed E-state index contributed by atoms with van der Waals surface area (Å²) >= 11 is 0. The Balaban J connectivity index is 1.78. The van der Waals surface area contributed by atoms with Crippen LogP contribution in [0.15, 0.2) is 42.5 Å². The molecule has 0 radical (unpaired) electrons. The molecule has 0 aliphatic carbocycles. The summed E-state index contributed by atoms with van der Waals surface area (Å²) in [6.07, 6.45) is 0.998. The van der Waals surface area contributed by atoms with Crippen LogP contribution >= 0.6 is 0 Å². The lowest BCUT2D eigenvalue weighted by molar-refractivity contribution is 0.108. The van der Waals surface area contributed by atoms with E-state index in [0.29, 0.717) is 6.61 Å². The maximum atomic E-state index is 5.74. The summed E-state index contributed by atoms with van der Waals surface area (Å²) in [4.78, 5) is 0. The Hall–Kier alpha value is -1.16. The number of ether oxygens (including phenoxy) is 1. The minimum Gasteiger partial charge on any atom is -0.424 e. The molecule has 0 heterocycles. The van der Waals surface area contributed by atoms with Gasteiger partial charge in [-0.1, -0.05) is 49.4 Å². The van der Waals surface area contributed by atoms with Gasteiger partial charge in [0, 0.05) is 13.2 Å². The number of hydrogen-bond donors (Lipinski definition) is 0. The van der Waals surface area contributed by atoms with Crippen LogP contribution < -0.4 is 0 Å². The second-order valence-electron chi connectivity index (χ2n) is 4.66. The molecule has 0 aliphatic heterocycles. The van der Waals surface area contributed by atoms with E-state index in [1.54, 1.807) is 0 Å². The topological polar surface area (TPSA) is 18.5 Å². The summed E-state index contributed by atoms with van der Waals surface area (Å²) in [7, 11) is -0.247. The second kappa shape index (κ2) is 8.10. The van der Waals surface area contributed by atoms with Crippen molar-refractivity contribution in [3.8, 4) is 0 Å². The molecule has 0 spiro atoms. The maximum absolute atomic E-state index is 5.74. The molecule has 2 nitrogen and oxygen atoms in total. The van der Waals surface area contributed by atoms with Crippen LogP contribution in [0.4, 0.5) is 0 Å². The summed E-state index contributed by atoms with van der Waals surface area (Å²) < 4.78 is 11.3. The fraction of sp³-hybridized carbons (Fsp3) is 0.375. The van der Waals surface area contributed by atoms with Crippen molar-refractivity contribution in [3.05, 3.63) is 48.0 Å². The van der Waals surface area contributed by atoms with Gasteiger partial charge in [-0.3, -0.25) is 0 Å². The molecule has 0 aromatic heterocycles. The number of fused-ring (bicyclic) bond motifs is 1. The van der Waals surface area contributed by atoms with Gasteiger partial charge < -0.3 is 9.16 Å². The Morgan fingerprint density at radius 3 is 2.74 bits per heavy atom. The van der Waals surface area contributed by atoms with Crippen LogP contribution in [0.25, 0.3) is 10.8 Å². The van der Waals surface area contributed by atoms with E-state index in [1.165, 1.54) is 22.4 Å². The standard InChI is InChI=1S/C16H22O2Si/c1-2-19-18-12-6-11-17-13-15-9-5-8-14-7-3-4-10-16(14)15/h3-5,7-10H,2,6,11-13,19H2,1H3. The summed E-state index contributed by atoms with van der Waals surface area (Å²) in [5.41, 5.74) is 1.27. The molecular weight excluding hydrogens is 252 g/mol. The number of hydrogen-bond acceptors (Lipinski definition) is 2. The molecule has 0 amide bonds. The zero-order chi connectivity index (χ0) is 13.3. The molecule has 0 saturated heterocycles. The van der Waals surface area contributed by atoms with Crippen molar-refractivity contribution >= 4 is 20.5 Å². The number of benzene rings is 2. The summed E-state index contributed by atoms with van der Waals surface area (Å²) in [5.74, 6) is 0. The first kappa shape index (κ1) is 14.3. The van der Waals surface area contributed by atoms with Gasteiger partial charge in [-0.2, -0.15) is 0 Å². The lowest BCUT2D eigenvalue weighted by atomic mass is 10.1. The van der Waals surface area contributed by atoms with E-state index in [2.05, 4.69) is 49.4 Å². The van der Waals surface area contributed by atoms with Crippen LogP contribution in [0, 0.1) is 0 Å². The van der Waals surface area contributed by atoms with Crippen LogP contribution in [-0.2, 0) is 15.8 Å². The maximum Gasteiger partial charge on any atom is 0.161 e. The van der Waals surface area contributed by atoms with Crippen molar-refractivity contribution in [2.75, 3.05) is 13.2 Å². The van der Waals surface area contributed by atoms with Crippen LogP contribution in [0.3, 0.4) is 0 Å². The Morgan fingerprint density at radius 2 is 1.84 bits per heavy atom. The molecule has 0 bridgehead atoms. The SMILES string of the molecule is CC[SiH2]OCCCOCc1cccc2ccccc12. The zero-order valence-corrected chi connectivity index (χ0v) is 13.0. The molecule has 0 N–H and O–H groups in total. The summed E-state index contributed by atoms with van der Waals surface area (Å²) in [6, 6.07) is 16.0. The van der Waals surface area contributed by atoms with Gasteiger partial charge in [-0.15, -0.1) is 0 Å². The molecule has 0 saturated carbocycles. The molecule has 19 heavy (non-hydrogen) atoms. The molecule has 0 atom stereocenters. The largest absolute Gasteiger partial charge is 0.424 e. The zero-order valence-electron chi connectivity index (χ0n) is 11.6. The normalized spacial score (nSPS) is 11.6. The average Bonchev–Trinajstić information content (AvgIpc) is 2.46. The van der Waals surface area contributed by atoms with E-state index in [0.717, 1.165) is 19.6 Å². The van der Waals surface area contributed by atoms with Crippen molar-refractivity contribution in [1.29, 1.82) is 0 Å². The van der Waals surface area contributed by atoms with Crippen molar-refractivity contribution in [3.63, 3.8) is 0 Å². The monoisotopic (exact) mass is 274 g/mol. The van der Waals surface area contributed by atoms with Gasteiger partial charge in [-0.05, 0) is 28.8 Å². The minimum absolute atomic E-state index is 0.247. The first-order chi connectivity index (χ1) is 9.42. The lowest BCUT2D eigenvalue weighted by Crippen LogP contribution is -2.03. The molecule has 0 unspecified atom stereocenters. The van der Waals surface area contributed by atoms with Gasteiger partial charge in [0.15, 0.2) is 9.76 Å². The van der Waals surface area contributed by atoms with Crippen molar-refractivity contribution in [2.45, 2.75) is 26.0 Å². The highest BCUT2D eigenvalue weighted by Gasteiger charge is 2.00.